The topological polar surface area (TPSA) is 91.7 Å². The molecule has 3 aliphatic heterocycles. The molecule has 1 aromatic carbocycles. The van der Waals surface area contributed by atoms with Crippen LogP contribution in [0, 0.1) is 6.92 Å². The average molecular weight is 460 g/mol. The van der Waals surface area contributed by atoms with Crippen molar-refractivity contribution in [2.45, 2.75) is 76.9 Å². The number of furan rings is 1. The van der Waals surface area contributed by atoms with Gasteiger partial charge in [0, 0.05) is 29.8 Å². The molecule has 0 saturated carbocycles. The number of hydrogen-bond donors (Lipinski definition) is 2. The number of benzene rings is 1. The fraction of sp³-hybridized carbons (Fsp3) is 0.542. The van der Waals surface area contributed by atoms with Crippen LogP contribution < -0.4 is 10.0 Å². The standard InChI is InChI=1S/C24H33N3O4S/c1-14(2)19-7-6-16(5)21(15(3)4)22(19)25-24(28)26-32(29,30)20-12-18-13-27-10-8-17(9-11-27)23(18)31-20/h6-7,12,14-15,17H,8-11,13H2,1-5H3,(H2,25,26,28). The van der Waals surface area contributed by atoms with E-state index in [4.69, 9.17) is 4.42 Å². The van der Waals surface area contributed by atoms with Gasteiger partial charge in [-0.3, -0.25) is 4.90 Å². The van der Waals surface area contributed by atoms with Crippen molar-refractivity contribution in [2.75, 3.05) is 18.4 Å². The highest BCUT2D eigenvalue weighted by atomic mass is 32.2. The Morgan fingerprint density at radius 3 is 2.44 bits per heavy atom. The number of fused-ring (bicyclic) bond motifs is 2. The first-order chi connectivity index (χ1) is 15.1. The molecule has 174 valence electrons. The van der Waals surface area contributed by atoms with Gasteiger partial charge in [-0.25, -0.2) is 9.52 Å². The highest BCUT2D eigenvalue weighted by Gasteiger charge is 2.34. The number of amides is 2. The third-order valence-corrected chi connectivity index (χ3v) is 7.78. The summed E-state index contributed by atoms with van der Waals surface area (Å²) in [6, 6.07) is 4.83. The number of carbonyl (C=O) groups excluding carboxylic acids is 1. The van der Waals surface area contributed by atoms with Gasteiger partial charge in [-0.2, -0.15) is 8.42 Å². The van der Waals surface area contributed by atoms with Crippen LogP contribution in [-0.2, 0) is 16.6 Å². The monoisotopic (exact) mass is 459 g/mol. The van der Waals surface area contributed by atoms with Crippen LogP contribution in [0.25, 0.3) is 0 Å². The van der Waals surface area contributed by atoms with Gasteiger partial charge in [0.1, 0.15) is 5.76 Å². The third-order valence-electron chi connectivity index (χ3n) is 6.60. The summed E-state index contributed by atoms with van der Waals surface area (Å²) in [6.07, 6.45) is 1.94. The fourth-order valence-electron chi connectivity index (χ4n) is 5.03. The van der Waals surface area contributed by atoms with Crippen LogP contribution in [0.5, 0.6) is 0 Å². The molecule has 4 heterocycles. The molecular weight excluding hydrogens is 426 g/mol. The quantitative estimate of drug-likeness (QED) is 0.654. The van der Waals surface area contributed by atoms with E-state index in [0.29, 0.717) is 12.2 Å². The Kier molecular flexibility index (Phi) is 6.11. The second-order valence-electron chi connectivity index (χ2n) is 9.63. The molecule has 5 rings (SSSR count). The van der Waals surface area contributed by atoms with Crippen LogP contribution >= 0.6 is 0 Å². The van der Waals surface area contributed by atoms with E-state index >= 15 is 0 Å². The Morgan fingerprint density at radius 2 is 1.81 bits per heavy atom. The molecule has 1 fully saturated rings. The molecule has 0 atom stereocenters. The van der Waals surface area contributed by atoms with Crippen molar-refractivity contribution in [1.29, 1.82) is 0 Å². The molecule has 0 spiro atoms. The molecule has 3 aliphatic rings. The Balaban J connectivity index is 1.59. The Bertz CT molecular complexity index is 1130. The third kappa shape index (κ3) is 4.30. The zero-order valence-electron chi connectivity index (χ0n) is 19.5. The van der Waals surface area contributed by atoms with Gasteiger partial charge in [0.05, 0.1) is 0 Å². The lowest BCUT2D eigenvalue weighted by Crippen LogP contribution is -2.35. The highest BCUT2D eigenvalue weighted by Crippen LogP contribution is 2.38. The minimum Gasteiger partial charge on any atom is -0.447 e. The van der Waals surface area contributed by atoms with Gasteiger partial charge in [-0.15, -0.1) is 0 Å². The number of aryl methyl sites for hydroxylation is 1. The van der Waals surface area contributed by atoms with Crippen LogP contribution in [0.2, 0.25) is 0 Å². The van der Waals surface area contributed by atoms with Gasteiger partial charge < -0.3 is 9.73 Å². The summed E-state index contributed by atoms with van der Waals surface area (Å²) in [7, 11) is -4.13. The van der Waals surface area contributed by atoms with Gasteiger partial charge in [-0.1, -0.05) is 39.8 Å². The van der Waals surface area contributed by atoms with Crippen molar-refractivity contribution in [3.63, 3.8) is 0 Å². The SMILES string of the molecule is Cc1ccc(C(C)C)c(NC(=O)NS(=O)(=O)c2cc3c(o2)C2CCN(CC2)C3)c1C(C)C. The van der Waals surface area contributed by atoms with Crippen LogP contribution in [-0.4, -0.2) is 32.4 Å². The number of carbonyl (C=O) groups is 1. The molecule has 0 unspecified atom stereocenters. The molecule has 1 saturated heterocycles. The molecule has 7 nitrogen and oxygen atoms in total. The van der Waals surface area contributed by atoms with Crippen molar-refractivity contribution in [3.8, 4) is 0 Å². The predicted octanol–water partition coefficient (Wildman–Crippen LogP) is 5.04. The average Bonchev–Trinajstić information content (AvgIpc) is 2.98. The van der Waals surface area contributed by atoms with E-state index in [9.17, 15) is 13.2 Å². The van der Waals surface area contributed by atoms with E-state index in [2.05, 4.69) is 28.8 Å². The Morgan fingerprint density at radius 1 is 1.12 bits per heavy atom. The predicted molar refractivity (Wildman–Crippen MR) is 125 cm³/mol. The molecular formula is C24H33N3O4S. The number of urea groups is 1. The molecule has 0 radical (unpaired) electrons. The number of rotatable bonds is 5. The maximum atomic E-state index is 13.0. The van der Waals surface area contributed by atoms with Crippen molar-refractivity contribution in [1.82, 2.24) is 9.62 Å². The van der Waals surface area contributed by atoms with Crippen LogP contribution in [0.3, 0.4) is 0 Å². The van der Waals surface area contributed by atoms with E-state index < -0.39 is 16.1 Å². The molecule has 2 bridgehead atoms. The minimum absolute atomic E-state index is 0.172. The summed E-state index contributed by atoms with van der Waals surface area (Å²) in [6.45, 7) is 12.9. The molecule has 0 aliphatic carbocycles. The lowest BCUT2D eigenvalue weighted by molar-refractivity contribution is 0.212. The van der Waals surface area contributed by atoms with Crippen molar-refractivity contribution in [2.24, 2.45) is 0 Å². The Labute approximate surface area is 190 Å². The molecule has 1 aromatic heterocycles. The second-order valence-corrected chi connectivity index (χ2v) is 11.2. The van der Waals surface area contributed by atoms with Crippen LogP contribution in [0.1, 0.15) is 86.3 Å². The number of nitrogens with zero attached hydrogens (tertiary/aromatic N) is 1. The van der Waals surface area contributed by atoms with Crippen LogP contribution in [0.4, 0.5) is 10.5 Å². The van der Waals surface area contributed by atoms with Gasteiger partial charge in [0.2, 0.25) is 5.09 Å². The second kappa shape index (κ2) is 8.56. The fourth-order valence-corrected chi connectivity index (χ4v) is 5.92. The first-order valence-corrected chi connectivity index (χ1v) is 12.9. The van der Waals surface area contributed by atoms with Gasteiger partial charge in [-0.05, 0) is 61.4 Å². The van der Waals surface area contributed by atoms with Gasteiger partial charge in [0.25, 0.3) is 10.0 Å². The zero-order chi connectivity index (χ0) is 23.2. The summed E-state index contributed by atoms with van der Waals surface area (Å²) >= 11 is 0. The lowest BCUT2D eigenvalue weighted by Gasteiger charge is -2.26. The van der Waals surface area contributed by atoms with Crippen LogP contribution in [0.15, 0.2) is 27.7 Å². The van der Waals surface area contributed by atoms with Crippen molar-refractivity contribution in [3.05, 3.63) is 46.2 Å². The summed E-state index contributed by atoms with van der Waals surface area (Å²) in [4.78, 5) is 15.1. The highest BCUT2D eigenvalue weighted by molar-refractivity contribution is 7.89. The van der Waals surface area contributed by atoms with E-state index in [1.807, 2.05) is 32.9 Å². The summed E-state index contributed by atoms with van der Waals surface area (Å²) in [5.74, 6) is 1.35. The lowest BCUT2D eigenvalue weighted by atomic mass is 9.89. The minimum atomic E-state index is -4.13. The Hall–Kier alpha value is -2.32. The first-order valence-electron chi connectivity index (χ1n) is 11.4. The molecule has 32 heavy (non-hydrogen) atoms. The van der Waals surface area contributed by atoms with E-state index in [1.165, 1.54) is 0 Å². The summed E-state index contributed by atoms with van der Waals surface area (Å²) < 4.78 is 33.9. The summed E-state index contributed by atoms with van der Waals surface area (Å²) in [5, 5.41) is 2.64. The molecule has 2 aromatic rings. The number of nitrogens with one attached hydrogen (secondary N) is 2. The molecule has 8 heteroatoms. The van der Waals surface area contributed by atoms with Gasteiger partial charge in [0.15, 0.2) is 0 Å². The van der Waals surface area contributed by atoms with E-state index in [-0.39, 0.29) is 22.8 Å². The maximum Gasteiger partial charge on any atom is 0.333 e. The molecule has 2 N–H and O–H groups in total. The number of anilines is 1. The van der Waals surface area contributed by atoms with Crippen molar-refractivity contribution >= 4 is 21.7 Å². The molecule has 2 amide bonds. The number of hydrogen-bond acceptors (Lipinski definition) is 5. The van der Waals surface area contributed by atoms with Crippen molar-refractivity contribution < 1.29 is 17.6 Å². The number of piperidine rings is 1. The largest absolute Gasteiger partial charge is 0.447 e. The first kappa shape index (κ1) is 22.9. The summed E-state index contributed by atoms with van der Waals surface area (Å²) in [5.41, 5.74) is 4.64. The number of sulfonamides is 1. The van der Waals surface area contributed by atoms with E-state index in [1.54, 1.807) is 6.07 Å². The smallest absolute Gasteiger partial charge is 0.333 e. The normalized spacial score (nSPS) is 20.3. The van der Waals surface area contributed by atoms with E-state index in [0.717, 1.165) is 53.9 Å². The van der Waals surface area contributed by atoms with Gasteiger partial charge >= 0.3 is 6.03 Å². The zero-order valence-corrected chi connectivity index (χ0v) is 20.3. The maximum absolute atomic E-state index is 13.0.